The van der Waals surface area contributed by atoms with Gasteiger partial charge in [-0.1, -0.05) is 29.0 Å². The van der Waals surface area contributed by atoms with Gasteiger partial charge >= 0.3 is 0 Å². The van der Waals surface area contributed by atoms with E-state index in [0.29, 0.717) is 16.9 Å². The summed E-state index contributed by atoms with van der Waals surface area (Å²) in [5.41, 5.74) is 2.27. The molecule has 3 N–H and O–H groups in total. The molecule has 0 fully saturated rings. The van der Waals surface area contributed by atoms with Crippen LogP contribution in [0.5, 0.6) is 0 Å². The number of carbonyl (C=O) groups excluding carboxylic acids is 2. The van der Waals surface area contributed by atoms with E-state index in [1.807, 2.05) is 6.92 Å². The zero-order valence-electron chi connectivity index (χ0n) is 15.5. The van der Waals surface area contributed by atoms with E-state index in [1.54, 1.807) is 36.4 Å². The molecule has 0 saturated carbocycles. The summed E-state index contributed by atoms with van der Waals surface area (Å²) in [6, 6.07) is 13.1. The summed E-state index contributed by atoms with van der Waals surface area (Å²) in [5, 5.41) is 12.6. The lowest BCUT2D eigenvalue weighted by Gasteiger charge is -2.06. The number of hydrogen-bond donors (Lipinski definition) is 3. The van der Waals surface area contributed by atoms with Crippen molar-refractivity contribution in [1.29, 1.82) is 0 Å². The summed E-state index contributed by atoms with van der Waals surface area (Å²) in [5.74, 6) is -0.640. The van der Waals surface area contributed by atoms with Crippen molar-refractivity contribution in [3.63, 3.8) is 0 Å². The molecule has 0 aliphatic rings. The van der Waals surface area contributed by atoms with E-state index in [4.69, 9.17) is 0 Å². The van der Waals surface area contributed by atoms with Gasteiger partial charge in [0.05, 0.1) is 0 Å². The van der Waals surface area contributed by atoms with Crippen molar-refractivity contribution >= 4 is 49.7 Å². The molecule has 150 valence electrons. The standard InChI is InChI=1S/C18H17N5O4S2/c1-11-3-5-13(6-4-11)16(25)20-17-21-22-18(28-17)29(26,27)23-15-9-7-14(8-10-15)19-12(2)24/h3-10,23H,1-2H3,(H,19,24)(H,20,21,25). The first-order valence-corrected chi connectivity index (χ1v) is 10.6. The Bertz CT molecular complexity index is 1140. The first-order valence-electron chi connectivity index (χ1n) is 8.35. The number of nitrogens with one attached hydrogen (secondary N) is 3. The first-order chi connectivity index (χ1) is 13.7. The summed E-state index contributed by atoms with van der Waals surface area (Å²) in [6.45, 7) is 3.28. The maximum atomic E-state index is 12.5. The Morgan fingerprint density at radius 1 is 0.897 bits per heavy atom. The molecule has 9 nitrogen and oxygen atoms in total. The van der Waals surface area contributed by atoms with Gasteiger partial charge in [-0.2, -0.15) is 8.42 Å². The smallest absolute Gasteiger partial charge is 0.291 e. The number of benzene rings is 2. The predicted molar refractivity (Wildman–Crippen MR) is 111 cm³/mol. The molecule has 0 radical (unpaired) electrons. The highest BCUT2D eigenvalue weighted by atomic mass is 32.2. The van der Waals surface area contributed by atoms with Crippen molar-refractivity contribution in [2.45, 2.75) is 18.2 Å². The molecule has 0 bridgehead atoms. The van der Waals surface area contributed by atoms with E-state index in [9.17, 15) is 18.0 Å². The Labute approximate surface area is 171 Å². The van der Waals surface area contributed by atoms with Crippen molar-refractivity contribution in [3.05, 3.63) is 59.7 Å². The van der Waals surface area contributed by atoms with Gasteiger partial charge in [0, 0.05) is 23.9 Å². The topological polar surface area (TPSA) is 130 Å². The van der Waals surface area contributed by atoms with Crippen LogP contribution in [0, 0.1) is 6.92 Å². The number of nitrogens with zero attached hydrogens (tertiary/aromatic N) is 2. The molecule has 0 unspecified atom stereocenters. The molecule has 29 heavy (non-hydrogen) atoms. The monoisotopic (exact) mass is 431 g/mol. The summed E-state index contributed by atoms with van der Waals surface area (Å²) in [6.07, 6.45) is 0. The fourth-order valence-electron chi connectivity index (χ4n) is 2.27. The fraction of sp³-hybridized carbons (Fsp3) is 0.111. The third kappa shape index (κ3) is 5.36. The van der Waals surface area contributed by atoms with Crippen LogP contribution in [0.4, 0.5) is 16.5 Å². The van der Waals surface area contributed by atoms with E-state index in [-0.39, 0.29) is 15.4 Å². The number of aromatic nitrogens is 2. The fourth-order valence-corrected chi connectivity index (χ4v) is 4.22. The van der Waals surface area contributed by atoms with Gasteiger partial charge in [-0.15, -0.1) is 10.2 Å². The number of sulfonamides is 1. The van der Waals surface area contributed by atoms with Crippen LogP contribution in [0.25, 0.3) is 0 Å². The van der Waals surface area contributed by atoms with E-state index < -0.39 is 15.9 Å². The molecule has 11 heteroatoms. The Balaban J connectivity index is 1.68. The van der Waals surface area contributed by atoms with E-state index in [1.165, 1.54) is 19.1 Å². The van der Waals surface area contributed by atoms with Crippen molar-refractivity contribution in [2.75, 3.05) is 15.4 Å². The minimum Gasteiger partial charge on any atom is -0.326 e. The van der Waals surface area contributed by atoms with Gasteiger partial charge in [0.1, 0.15) is 0 Å². The highest BCUT2D eigenvalue weighted by Crippen LogP contribution is 2.24. The number of rotatable bonds is 6. The molecule has 2 amide bonds. The highest BCUT2D eigenvalue weighted by Gasteiger charge is 2.21. The van der Waals surface area contributed by atoms with Crippen LogP contribution in [0.3, 0.4) is 0 Å². The molecule has 2 aromatic carbocycles. The third-order valence-electron chi connectivity index (χ3n) is 3.63. The minimum atomic E-state index is -3.98. The molecule has 0 aliphatic carbocycles. The first kappa shape index (κ1) is 20.4. The van der Waals surface area contributed by atoms with Crippen molar-refractivity contribution < 1.29 is 18.0 Å². The van der Waals surface area contributed by atoms with Crippen molar-refractivity contribution in [1.82, 2.24) is 10.2 Å². The van der Waals surface area contributed by atoms with Crippen molar-refractivity contribution in [3.8, 4) is 0 Å². The third-order valence-corrected chi connectivity index (χ3v) is 6.22. The van der Waals surface area contributed by atoms with Gasteiger partial charge in [-0.25, -0.2) is 0 Å². The zero-order valence-corrected chi connectivity index (χ0v) is 17.1. The Hall–Kier alpha value is -3.31. The van der Waals surface area contributed by atoms with Gasteiger partial charge in [-0.3, -0.25) is 19.6 Å². The van der Waals surface area contributed by atoms with E-state index in [0.717, 1.165) is 16.9 Å². The van der Waals surface area contributed by atoms with Crippen LogP contribution < -0.4 is 15.4 Å². The SMILES string of the molecule is CC(=O)Nc1ccc(NS(=O)(=O)c2nnc(NC(=O)c3ccc(C)cc3)s2)cc1. The lowest BCUT2D eigenvalue weighted by atomic mass is 10.1. The van der Waals surface area contributed by atoms with E-state index >= 15 is 0 Å². The normalized spacial score (nSPS) is 11.0. The maximum Gasteiger partial charge on any atom is 0.291 e. The second-order valence-electron chi connectivity index (χ2n) is 6.06. The highest BCUT2D eigenvalue weighted by molar-refractivity contribution is 7.94. The molecule has 0 aliphatic heterocycles. The Morgan fingerprint density at radius 3 is 2.14 bits per heavy atom. The summed E-state index contributed by atoms with van der Waals surface area (Å²) in [7, 11) is -3.98. The van der Waals surface area contributed by atoms with Gasteiger partial charge in [0.25, 0.3) is 20.3 Å². The molecule has 1 aromatic heterocycles. The molecular formula is C18H17N5O4S2. The maximum absolute atomic E-state index is 12.5. The van der Waals surface area contributed by atoms with Crippen LogP contribution in [-0.2, 0) is 14.8 Å². The molecule has 1 heterocycles. The average Bonchev–Trinajstić information content (AvgIpc) is 3.13. The molecular weight excluding hydrogens is 414 g/mol. The number of amides is 2. The van der Waals surface area contributed by atoms with Crippen LogP contribution in [0.2, 0.25) is 0 Å². The van der Waals surface area contributed by atoms with Crippen LogP contribution in [0.1, 0.15) is 22.8 Å². The summed E-state index contributed by atoms with van der Waals surface area (Å²) >= 11 is 0.735. The molecule has 0 atom stereocenters. The molecule has 0 spiro atoms. The molecule has 0 saturated heterocycles. The van der Waals surface area contributed by atoms with Gasteiger partial charge in [0.15, 0.2) is 0 Å². The van der Waals surface area contributed by atoms with E-state index in [2.05, 4.69) is 25.6 Å². The molecule has 3 aromatic rings. The Kier molecular flexibility index (Phi) is 5.89. The summed E-state index contributed by atoms with van der Waals surface area (Å²) < 4.78 is 27.1. The minimum absolute atomic E-state index is 0.0666. The quantitative estimate of drug-likeness (QED) is 0.515. The predicted octanol–water partition coefficient (Wildman–Crippen LogP) is 2.86. The summed E-state index contributed by atoms with van der Waals surface area (Å²) in [4.78, 5) is 23.2. The second-order valence-corrected chi connectivity index (χ2v) is 8.89. The number of carbonyl (C=O) groups is 2. The Morgan fingerprint density at radius 2 is 1.52 bits per heavy atom. The lowest BCUT2D eigenvalue weighted by molar-refractivity contribution is -0.114. The average molecular weight is 431 g/mol. The van der Waals surface area contributed by atoms with Crippen LogP contribution in [0.15, 0.2) is 52.9 Å². The number of aryl methyl sites for hydroxylation is 1. The largest absolute Gasteiger partial charge is 0.326 e. The number of hydrogen-bond acceptors (Lipinski definition) is 7. The van der Waals surface area contributed by atoms with Crippen LogP contribution in [-0.4, -0.2) is 30.4 Å². The second kappa shape index (κ2) is 8.37. The van der Waals surface area contributed by atoms with Gasteiger partial charge in [-0.05, 0) is 43.3 Å². The molecule has 3 rings (SSSR count). The number of anilines is 3. The lowest BCUT2D eigenvalue weighted by Crippen LogP contribution is -2.13. The zero-order chi connectivity index (χ0) is 21.0. The van der Waals surface area contributed by atoms with Crippen LogP contribution >= 0.6 is 11.3 Å². The van der Waals surface area contributed by atoms with Gasteiger partial charge in [0.2, 0.25) is 11.0 Å². The van der Waals surface area contributed by atoms with Gasteiger partial charge < -0.3 is 5.32 Å². The van der Waals surface area contributed by atoms with Crippen molar-refractivity contribution in [2.24, 2.45) is 0 Å².